The third-order valence-electron chi connectivity index (χ3n) is 4.19. The number of carbonyl (C=O) groups excluding carboxylic acids is 1. The number of halogens is 2. The molecule has 0 fully saturated rings. The predicted octanol–water partition coefficient (Wildman–Crippen LogP) is 4.07. The van der Waals surface area contributed by atoms with Crippen LogP contribution in [0.15, 0.2) is 48.5 Å². The number of rotatable bonds is 7. The molecule has 0 saturated heterocycles. The molecule has 0 aromatic heterocycles. The summed E-state index contributed by atoms with van der Waals surface area (Å²) in [5, 5.41) is 3.34. The lowest BCUT2D eigenvalue weighted by Gasteiger charge is -2.29. The molecule has 0 radical (unpaired) electrons. The van der Waals surface area contributed by atoms with E-state index in [-0.39, 0.29) is 16.6 Å². The SMILES string of the molecule is CC(CNC(=O)C(C)N(c1cc(Cl)ccc1Cl)S(C)(=O)=O)c1ccccc1. The smallest absolute Gasteiger partial charge is 0.243 e. The van der Waals surface area contributed by atoms with Crippen molar-refractivity contribution in [1.29, 1.82) is 0 Å². The van der Waals surface area contributed by atoms with Gasteiger partial charge in [-0.05, 0) is 36.6 Å². The maximum absolute atomic E-state index is 12.6. The van der Waals surface area contributed by atoms with E-state index < -0.39 is 22.0 Å². The van der Waals surface area contributed by atoms with E-state index in [0.717, 1.165) is 16.1 Å². The van der Waals surface area contributed by atoms with E-state index in [0.29, 0.717) is 11.6 Å². The van der Waals surface area contributed by atoms with E-state index in [4.69, 9.17) is 23.2 Å². The molecule has 5 nitrogen and oxygen atoms in total. The van der Waals surface area contributed by atoms with E-state index in [1.54, 1.807) is 6.07 Å². The summed E-state index contributed by atoms with van der Waals surface area (Å²) >= 11 is 12.1. The van der Waals surface area contributed by atoms with Crippen LogP contribution in [0.2, 0.25) is 10.0 Å². The number of hydrogen-bond donors (Lipinski definition) is 1. The number of benzene rings is 2. The van der Waals surface area contributed by atoms with E-state index in [1.807, 2.05) is 37.3 Å². The zero-order valence-corrected chi connectivity index (χ0v) is 17.6. The molecule has 146 valence electrons. The first-order valence-electron chi connectivity index (χ1n) is 8.38. The fourth-order valence-corrected chi connectivity index (χ4v) is 4.34. The standard InChI is InChI=1S/C19H22Cl2N2O3S/c1-13(15-7-5-4-6-8-15)12-22-19(24)14(2)23(27(3,25)26)18-11-16(20)9-10-17(18)21/h4-11,13-14H,12H2,1-3H3,(H,22,24). The third kappa shape index (κ3) is 5.61. The van der Waals surface area contributed by atoms with Crippen LogP contribution in [0.3, 0.4) is 0 Å². The van der Waals surface area contributed by atoms with Crippen LogP contribution >= 0.6 is 23.2 Å². The van der Waals surface area contributed by atoms with Gasteiger partial charge in [-0.1, -0.05) is 60.5 Å². The van der Waals surface area contributed by atoms with E-state index in [9.17, 15) is 13.2 Å². The molecule has 0 aliphatic carbocycles. The summed E-state index contributed by atoms with van der Waals surface area (Å²) in [5.41, 5.74) is 1.26. The monoisotopic (exact) mass is 428 g/mol. The van der Waals surface area contributed by atoms with Gasteiger partial charge in [0.05, 0.1) is 17.0 Å². The number of anilines is 1. The first-order valence-corrected chi connectivity index (χ1v) is 11.0. The maximum Gasteiger partial charge on any atom is 0.243 e. The molecule has 1 N–H and O–H groups in total. The minimum atomic E-state index is -3.76. The summed E-state index contributed by atoms with van der Waals surface area (Å²) < 4.78 is 25.7. The lowest BCUT2D eigenvalue weighted by atomic mass is 10.0. The minimum absolute atomic E-state index is 0.0868. The van der Waals surface area contributed by atoms with Gasteiger partial charge in [-0.25, -0.2) is 8.42 Å². The molecule has 0 spiro atoms. The Morgan fingerprint density at radius 3 is 2.33 bits per heavy atom. The van der Waals surface area contributed by atoms with Crippen LogP contribution in [0.1, 0.15) is 25.3 Å². The summed E-state index contributed by atoms with van der Waals surface area (Å²) in [6, 6.07) is 13.3. The van der Waals surface area contributed by atoms with Crippen LogP contribution in [-0.4, -0.2) is 33.2 Å². The van der Waals surface area contributed by atoms with Crippen molar-refractivity contribution in [2.75, 3.05) is 17.1 Å². The van der Waals surface area contributed by atoms with Gasteiger partial charge in [0.15, 0.2) is 0 Å². The topological polar surface area (TPSA) is 66.5 Å². The second-order valence-electron chi connectivity index (χ2n) is 6.39. The fraction of sp³-hybridized carbons (Fsp3) is 0.316. The Balaban J connectivity index is 2.19. The van der Waals surface area contributed by atoms with Crippen molar-refractivity contribution >= 4 is 44.8 Å². The maximum atomic E-state index is 12.6. The number of nitrogens with zero attached hydrogens (tertiary/aromatic N) is 1. The Kier molecular flexibility index (Phi) is 7.14. The second-order valence-corrected chi connectivity index (χ2v) is 9.09. The lowest BCUT2D eigenvalue weighted by Crippen LogP contribution is -2.48. The van der Waals surface area contributed by atoms with Crippen LogP contribution in [-0.2, 0) is 14.8 Å². The molecule has 2 atom stereocenters. The number of nitrogens with one attached hydrogen (secondary N) is 1. The summed E-state index contributed by atoms with van der Waals surface area (Å²) in [6.45, 7) is 3.89. The average Bonchev–Trinajstić information content (AvgIpc) is 2.62. The number of amides is 1. The third-order valence-corrected chi connectivity index (χ3v) is 5.97. The lowest BCUT2D eigenvalue weighted by molar-refractivity contribution is -0.121. The van der Waals surface area contributed by atoms with Crippen molar-refractivity contribution in [1.82, 2.24) is 5.32 Å². The first-order chi connectivity index (χ1) is 12.6. The van der Waals surface area contributed by atoms with Crippen LogP contribution in [0.25, 0.3) is 0 Å². The molecule has 2 rings (SSSR count). The predicted molar refractivity (Wildman–Crippen MR) is 111 cm³/mol. The van der Waals surface area contributed by atoms with Crippen molar-refractivity contribution in [3.63, 3.8) is 0 Å². The molecular weight excluding hydrogens is 407 g/mol. The molecule has 2 aromatic carbocycles. The van der Waals surface area contributed by atoms with Gasteiger partial charge in [-0.15, -0.1) is 0 Å². The molecular formula is C19H22Cl2N2O3S. The molecule has 1 amide bonds. The van der Waals surface area contributed by atoms with E-state index in [1.165, 1.54) is 19.1 Å². The number of hydrogen-bond acceptors (Lipinski definition) is 3. The van der Waals surface area contributed by atoms with Crippen LogP contribution < -0.4 is 9.62 Å². The molecule has 8 heteroatoms. The van der Waals surface area contributed by atoms with Gasteiger partial charge < -0.3 is 5.32 Å². The van der Waals surface area contributed by atoms with E-state index >= 15 is 0 Å². The molecule has 0 saturated carbocycles. The normalized spacial score (nSPS) is 13.7. The minimum Gasteiger partial charge on any atom is -0.354 e. The highest BCUT2D eigenvalue weighted by atomic mass is 35.5. The molecule has 2 unspecified atom stereocenters. The fourth-order valence-electron chi connectivity index (χ4n) is 2.74. The summed E-state index contributed by atoms with van der Waals surface area (Å²) in [7, 11) is -3.76. The van der Waals surface area contributed by atoms with Crippen LogP contribution in [0.4, 0.5) is 5.69 Å². The summed E-state index contributed by atoms with van der Waals surface area (Å²) in [4.78, 5) is 12.6. The van der Waals surface area contributed by atoms with Crippen molar-refractivity contribution in [3.05, 3.63) is 64.1 Å². The summed E-state index contributed by atoms with van der Waals surface area (Å²) in [5.74, 6) is -0.331. The molecule has 0 heterocycles. The zero-order valence-electron chi connectivity index (χ0n) is 15.3. The Bertz CT molecular complexity index is 904. The molecule has 0 aliphatic rings. The Morgan fingerprint density at radius 1 is 1.11 bits per heavy atom. The molecule has 0 bridgehead atoms. The second kappa shape index (κ2) is 8.95. The van der Waals surface area contributed by atoms with Crippen LogP contribution in [0, 0.1) is 0 Å². The average molecular weight is 429 g/mol. The molecule has 0 aliphatic heterocycles. The quantitative estimate of drug-likeness (QED) is 0.722. The van der Waals surface area contributed by atoms with Gasteiger partial charge >= 0.3 is 0 Å². The van der Waals surface area contributed by atoms with Gasteiger partial charge in [0.25, 0.3) is 0 Å². The first kappa shape index (κ1) is 21.5. The van der Waals surface area contributed by atoms with Crippen molar-refractivity contribution in [2.45, 2.75) is 25.8 Å². The van der Waals surface area contributed by atoms with Crippen molar-refractivity contribution in [3.8, 4) is 0 Å². The Morgan fingerprint density at radius 2 is 1.74 bits per heavy atom. The van der Waals surface area contributed by atoms with Gasteiger partial charge in [0.1, 0.15) is 6.04 Å². The van der Waals surface area contributed by atoms with Crippen LogP contribution in [0.5, 0.6) is 0 Å². The Hall–Kier alpha value is -1.76. The van der Waals surface area contributed by atoms with Gasteiger partial charge in [0.2, 0.25) is 15.9 Å². The molecule has 2 aromatic rings. The van der Waals surface area contributed by atoms with Gasteiger partial charge in [0, 0.05) is 11.6 Å². The molecule has 27 heavy (non-hydrogen) atoms. The summed E-state index contributed by atoms with van der Waals surface area (Å²) in [6.07, 6.45) is 1.03. The van der Waals surface area contributed by atoms with E-state index in [2.05, 4.69) is 5.32 Å². The number of carbonyl (C=O) groups is 1. The van der Waals surface area contributed by atoms with Gasteiger partial charge in [-0.3, -0.25) is 9.10 Å². The Labute approximate surface area is 170 Å². The van der Waals surface area contributed by atoms with Crippen molar-refractivity contribution in [2.24, 2.45) is 0 Å². The highest BCUT2D eigenvalue weighted by Gasteiger charge is 2.30. The largest absolute Gasteiger partial charge is 0.354 e. The number of sulfonamides is 1. The van der Waals surface area contributed by atoms with Gasteiger partial charge in [-0.2, -0.15) is 0 Å². The highest BCUT2D eigenvalue weighted by Crippen LogP contribution is 2.32. The zero-order chi connectivity index (χ0) is 20.2. The van der Waals surface area contributed by atoms with Crippen molar-refractivity contribution < 1.29 is 13.2 Å². The highest BCUT2D eigenvalue weighted by molar-refractivity contribution is 7.92.